The lowest BCUT2D eigenvalue weighted by Crippen LogP contribution is -2.50. The van der Waals surface area contributed by atoms with E-state index in [1.807, 2.05) is 22.6 Å². The topological polar surface area (TPSA) is 104 Å². The molecule has 0 radical (unpaired) electrons. The number of nitrogens with zero attached hydrogens (tertiary/aromatic N) is 5. The van der Waals surface area contributed by atoms with Gasteiger partial charge in [0, 0.05) is 39.4 Å². The molecule has 1 amide bonds. The quantitative estimate of drug-likeness (QED) is 0.658. The lowest BCUT2D eigenvalue weighted by molar-refractivity contribution is 0.0691. The predicted molar refractivity (Wildman–Crippen MR) is 89.2 cm³/mol. The number of halogens is 1. The molecule has 11 heteroatoms. The highest BCUT2D eigenvalue weighted by Crippen LogP contribution is 2.18. The minimum absolute atomic E-state index is 0.162. The van der Waals surface area contributed by atoms with Gasteiger partial charge in [0.2, 0.25) is 10.0 Å². The summed E-state index contributed by atoms with van der Waals surface area (Å²) in [6.45, 7) is 1.20. The Morgan fingerprint density at radius 2 is 1.96 bits per heavy atom. The molecule has 1 saturated heterocycles. The molecule has 0 atom stereocenters. The number of nitrogens with one attached hydrogen (secondary N) is 1. The summed E-state index contributed by atoms with van der Waals surface area (Å²) in [6, 6.07) is 0. The number of piperazine rings is 1. The Balaban J connectivity index is 1.69. The fourth-order valence-corrected chi connectivity index (χ4v) is 4.29. The van der Waals surface area contributed by atoms with E-state index in [9.17, 15) is 13.2 Å². The van der Waals surface area contributed by atoms with Crippen molar-refractivity contribution in [3.63, 3.8) is 0 Å². The van der Waals surface area contributed by atoms with E-state index in [0.717, 1.165) is 3.57 Å². The molecule has 1 aliphatic rings. The summed E-state index contributed by atoms with van der Waals surface area (Å²) in [4.78, 5) is 14.2. The van der Waals surface area contributed by atoms with Crippen molar-refractivity contribution >= 4 is 38.5 Å². The van der Waals surface area contributed by atoms with E-state index in [0.29, 0.717) is 18.8 Å². The summed E-state index contributed by atoms with van der Waals surface area (Å²) >= 11 is 2.04. The van der Waals surface area contributed by atoms with Gasteiger partial charge in [-0.3, -0.25) is 14.6 Å². The van der Waals surface area contributed by atoms with Crippen molar-refractivity contribution in [2.24, 2.45) is 7.05 Å². The Labute approximate surface area is 146 Å². The Morgan fingerprint density at radius 1 is 1.26 bits per heavy atom. The minimum Gasteiger partial charge on any atom is -0.335 e. The van der Waals surface area contributed by atoms with Crippen molar-refractivity contribution in [1.82, 2.24) is 29.2 Å². The highest BCUT2D eigenvalue weighted by Gasteiger charge is 2.31. The van der Waals surface area contributed by atoms with Gasteiger partial charge in [-0.2, -0.15) is 14.5 Å². The lowest BCUT2D eigenvalue weighted by Gasteiger charge is -2.33. The number of hydrogen-bond donors (Lipinski definition) is 1. The van der Waals surface area contributed by atoms with E-state index in [2.05, 4.69) is 15.3 Å². The Hall–Kier alpha value is -1.47. The minimum atomic E-state index is -3.56. The van der Waals surface area contributed by atoms with Crippen molar-refractivity contribution in [2.45, 2.75) is 4.90 Å². The molecule has 1 aliphatic heterocycles. The first-order valence-electron chi connectivity index (χ1n) is 6.86. The second kappa shape index (κ2) is 6.20. The highest BCUT2D eigenvalue weighted by atomic mass is 127. The molecule has 124 valence electrons. The normalized spacial score (nSPS) is 16.7. The van der Waals surface area contributed by atoms with Crippen LogP contribution in [0, 0.1) is 3.57 Å². The third-order valence-corrected chi connectivity index (χ3v) is 6.32. The van der Waals surface area contributed by atoms with Gasteiger partial charge in [-0.25, -0.2) is 8.42 Å². The van der Waals surface area contributed by atoms with Crippen LogP contribution in [0.5, 0.6) is 0 Å². The number of aromatic nitrogens is 4. The van der Waals surface area contributed by atoms with Gasteiger partial charge in [0.25, 0.3) is 5.91 Å². The van der Waals surface area contributed by atoms with Gasteiger partial charge < -0.3 is 4.90 Å². The summed E-state index contributed by atoms with van der Waals surface area (Å²) in [7, 11) is -1.89. The van der Waals surface area contributed by atoms with E-state index in [4.69, 9.17) is 0 Å². The largest absolute Gasteiger partial charge is 0.335 e. The number of aromatic amines is 1. The molecule has 9 nitrogen and oxygen atoms in total. The summed E-state index contributed by atoms with van der Waals surface area (Å²) in [5.74, 6) is -0.162. The van der Waals surface area contributed by atoms with E-state index in [1.165, 1.54) is 21.4 Å². The maximum atomic E-state index is 12.5. The van der Waals surface area contributed by atoms with Crippen molar-refractivity contribution in [1.29, 1.82) is 0 Å². The molecule has 1 fully saturated rings. The van der Waals surface area contributed by atoms with Gasteiger partial charge in [0.05, 0.1) is 16.0 Å². The molecule has 2 aromatic heterocycles. The van der Waals surface area contributed by atoms with Gasteiger partial charge in [0.15, 0.2) is 0 Å². The Kier molecular flexibility index (Phi) is 4.42. The SMILES string of the molecule is Cn1cc(S(=O)(=O)N2CCN(C(=O)c3[nH]ncc3I)CC2)cn1. The monoisotopic (exact) mass is 450 g/mol. The maximum absolute atomic E-state index is 12.5. The molecule has 0 unspecified atom stereocenters. The van der Waals surface area contributed by atoms with Crippen LogP contribution < -0.4 is 0 Å². The Morgan fingerprint density at radius 3 is 2.48 bits per heavy atom. The number of hydrogen-bond acceptors (Lipinski definition) is 5. The van der Waals surface area contributed by atoms with Crippen LogP contribution in [-0.4, -0.2) is 69.7 Å². The molecule has 0 aromatic carbocycles. The number of rotatable bonds is 3. The molecular formula is C12H15IN6O3S. The van der Waals surface area contributed by atoms with Crippen molar-refractivity contribution in [3.05, 3.63) is 27.9 Å². The van der Waals surface area contributed by atoms with Crippen LogP contribution in [0.4, 0.5) is 0 Å². The van der Waals surface area contributed by atoms with Crippen LogP contribution >= 0.6 is 22.6 Å². The van der Waals surface area contributed by atoms with Gasteiger partial charge in [-0.1, -0.05) is 0 Å². The molecule has 2 aromatic rings. The zero-order valence-corrected chi connectivity index (χ0v) is 15.3. The maximum Gasteiger partial charge on any atom is 0.273 e. The molecule has 0 saturated carbocycles. The molecule has 0 bridgehead atoms. The van der Waals surface area contributed by atoms with Crippen LogP contribution in [0.1, 0.15) is 10.5 Å². The van der Waals surface area contributed by atoms with Crippen molar-refractivity contribution in [2.75, 3.05) is 26.2 Å². The lowest BCUT2D eigenvalue weighted by atomic mass is 10.3. The predicted octanol–water partition coefficient (Wildman–Crippen LogP) is -0.105. The third-order valence-electron chi connectivity index (χ3n) is 3.65. The molecule has 3 rings (SSSR count). The van der Waals surface area contributed by atoms with Gasteiger partial charge in [-0.15, -0.1) is 0 Å². The second-order valence-corrected chi connectivity index (χ2v) is 8.24. The van der Waals surface area contributed by atoms with Crippen LogP contribution in [0.2, 0.25) is 0 Å². The number of H-pyrrole nitrogens is 1. The first-order valence-corrected chi connectivity index (χ1v) is 9.38. The van der Waals surface area contributed by atoms with E-state index >= 15 is 0 Å². The number of aryl methyl sites for hydroxylation is 1. The number of carbonyl (C=O) groups excluding carboxylic acids is 1. The summed E-state index contributed by atoms with van der Waals surface area (Å²) in [5.41, 5.74) is 0.439. The van der Waals surface area contributed by atoms with Gasteiger partial charge >= 0.3 is 0 Å². The van der Waals surface area contributed by atoms with Gasteiger partial charge in [0.1, 0.15) is 10.6 Å². The number of carbonyl (C=O) groups is 1. The third kappa shape index (κ3) is 3.12. The standard InChI is InChI=1S/C12H15IN6O3S/c1-17-8-9(6-15-17)23(21,22)19-4-2-18(3-5-19)12(20)11-10(13)7-14-16-11/h6-8H,2-5H2,1H3,(H,14,16). The van der Waals surface area contributed by atoms with Crippen LogP contribution in [0.15, 0.2) is 23.5 Å². The average Bonchev–Trinajstić information content (AvgIpc) is 3.15. The molecule has 0 spiro atoms. The smallest absolute Gasteiger partial charge is 0.273 e. The summed E-state index contributed by atoms with van der Waals surface area (Å²) < 4.78 is 28.6. The summed E-state index contributed by atoms with van der Waals surface area (Å²) in [6.07, 6.45) is 4.39. The molecular weight excluding hydrogens is 435 g/mol. The molecule has 1 N–H and O–H groups in total. The van der Waals surface area contributed by atoms with Crippen LogP contribution in [0.3, 0.4) is 0 Å². The number of sulfonamides is 1. The molecule has 23 heavy (non-hydrogen) atoms. The zero-order valence-electron chi connectivity index (χ0n) is 12.3. The first-order chi connectivity index (χ1) is 10.9. The van der Waals surface area contributed by atoms with Crippen LogP contribution in [-0.2, 0) is 17.1 Å². The number of amides is 1. The second-order valence-electron chi connectivity index (χ2n) is 5.14. The van der Waals surface area contributed by atoms with E-state index in [-0.39, 0.29) is 23.9 Å². The van der Waals surface area contributed by atoms with Crippen molar-refractivity contribution < 1.29 is 13.2 Å². The molecule has 3 heterocycles. The first kappa shape index (κ1) is 16.4. The van der Waals surface area contributed by atoms with Crippen molar-refractivity contribution in [3.8, 4) is 0 Å². The molecule has 0 aliphatic carbocycles. The zero-order chi connectivity index (χ0) is 16.6. The Bertz CT molecular complexity index is 821. The van der Waals surface area contributed by atoms with E-state index < -0.39 is 10.0 Å². The van der Waals surface area contributed by atoms with Crippen LogP contribution in [0.25, 0.3) is 0 Å². The fraction of sp³-hybridized carbons (Fsp3) is 0.417. The fourth-order valence-electron chi connectivity index (χ4n) is 2.39. The average molecular weight is 450 g/mol. The summed E-state index contributed by atoms with van der Waals surface area (Å²) in [5, 5.41) is 10.4. The highest BCUT2D eigenvalue weighted by molar-refractivity contribution is 14.1. The van der Waals surface area contributed by atoms with E-state index in [1.54, 1.807) is 18.1 Å². The van der Waals surface area contributed by atoms with Gasteiger partial charge in [-0.05, 0) is 22.6 Å².